The Morgan fingerprint density at radius 3 is 2.59 bits per heavy atom. The van der Waals surface area contributed by atoms with Crippen LogP contribution in [0.15, 0.2) is 18.2 Å². The molecule has 17 heavy (non-hydrogen) atoms. The van der Waals surface area contributed by atoms with E-state index in [-0.39, 0.29) is 24.4 Å². The highest BCUT2D eigenvalue weighted by atomic mass is 35.5. The maximum atomic E-state index is 11.6. The first-order chi connectivity index (χ1) is 7.50. The number of carbonyl (C=O) groups excluding carboxylic acids is 1. The molecular weight excluding hydrogens is 282 g/mol. The third-order valence-corrected chi connectivity index (χ3v) is 2.81. The number of hydrogen-bond acceptors (Lipinski definition) is 2. The summed E-state index contributed by atoms with van der Waals surface area (Å²) >= 11 is 11.6. The lowest BCUT2D eigenvalue weighted by molar-refractivity contribution is 0.0953. The minimum Gasteiger partial charge on any atom is -0.352 e. The largest absolute Gasteiger partial charge is 0.352 e. The van der Waals surface area contributed by atoms with Gasteiger partial charge in [0, 0.05) is 18.2 Å². The van der Waals surface area contributed by atoms with Gasteiger partial charge in [-0.1, -0.05) is 23.2 Å². The molecular formula is C11H15Cl3N2O. The van der Waals surface area contributed by atoms with Crippen molar-refractivity contribution in [1.82, 2.24) is 5.32 Å². The molecule has 3 nitrogen and oxygen atoms in total. The van der Waals surface area contributed by atoms with Crippen molar-refractivity contribution >= 4 is 41.5 Å². The van der Waals surface area contributed by atoms with Crippen molar-refractivity contribution in [3.05, 3.63) is 33.8 Å². The maximum absolute atomic E-state index is 11.6. The molecule has 0 saturated carbocycles. The molecule has 0 spiro atoms. The third-order valence-electron chi connectivity index (χ3n) is 2.07. The van der Waals surface area contributed by atoms with Crippen LogP contribution < -0.4 is 11.1 Å². The molecule has 1 aromatic carbocycles. The van der Waals surface area contributed by atoms with E-state index in [4.69, 9.17) is 28.9 Å². The van der Waals surface area contributed by atoms with Gasteiger partial charge in [-0.15, -0.1) is 12.4 Å². The molecule has 1 rings (SSSR count). The molecule has 0 heterocycles. The van der Waals surface area contributed by atoms with E-state index in [2.05, 4.69) is 5.32 Å². The molecule has 1 aromatic rings. The molecule has 0 aromatic heterocycles. The molecule has 3 N–H and O–H groups in total. The summed E-state index contributed by atoms with van der Waals surface area (Å²) in [5.41, 5.74) is 6.07. The predicted octanol–water partition coefficient (Wildman–Crippen LogP) is 2.88. The molecule has 0 bridgehead atoms. The minimum absolute atomic E-state index is 0. The highest BCUT2D eigenvalue weighted by Crippen LogP contribution is 2.22. The summed E-state index contributed by atoms with van der Waals surface area (Å²) in [5.74, 6) is -0.167. The Balaban J connectivity index is 0.00000256. The molecule has 0 radical (unpaired) electrons. The number of carbonyl (C=O) groups is 1. The van der Waals surface area contributed by atoms with Crippen LogP contribution in [-0.2, 0) is 0 Å². The van der Waals surface area contributed by atoms with Crippen LogP contribution in [0.3, 0.4) is 0 Å². The fourth-order valence-corrected chi connectivity index (χ4v) is 1.45. The van der Waals surface area contributed by atoms with Gasteiger partial charge in [0.2, 0.25) is 0 Å². The Bertz CT molecular complexity index is 383. The Labute approximate surface area is 117 Å². The minimum atomic E-state index is -0.167. The highest BCUT2D eigenvalue weighted by Gasteiger charge is 2.07. The molecule has 0 aliphatic rings. The zero-order valence-electron chi connectivity index (χ0n) is 9.37. The van der Waals surface area contributed by atoms with Crippen LogP contribution in [0.2, 0.25) is 10.0 Å². The zero-order valence-corrected chi connectivity index (χ0v) is 11.7. The molecule has 1 atom stereocenters. The number of rotatable bonds is 4. The molecule has 6 heteroatoms. The molecule has 1 unspecified atom stereocenters. The van der Waals surface area contributed by atoms with E-state index in [0.29, 0.717) is 22.2 Å². The molecule has 96 valence electrons. The second-order valence-electron chi connectivity index (χ2n) is 3.65. The van der Waals surface area contributed by atoms with E-state index in [1.54, 1.807) is 18.2 Å². The van der Waals surface area contributed by atoms with Crippen LogP contribution >= 0.6 is 35.6 Å². The van der Waals surface area contributed by atoms with Gasteiger partial charge in [-0.25, -0.2) is 0 Å². The van der Waals surface area contributed by atoms with Crippen molar-refractivity contribution in [3.8, 4) is 0 Å². The van der Waals surface area contributed by atoms with E-state index in [0.717, 1.165) is 6.42 Å². The van der Waals surface area contributed by atoms with Gasteiger partial charge in [-0.05, 0) is 31.5 Å². The summed E-state index contributed by atoms with van der Waals surface area (Å²) in [6, 6.07) is 4.86. The normalized spacial score (nSPS) is 11.5. The SMILES string of the molecule is CC(N)CCNC(=O)c1ccc(Cl)c(Cl)c1.Cl. The number of hydrogen-bond donors (Lipinski definition) is 2. The average molecular weight is 298 g/mol. The van der Waals surface area contributed by atoms with Crippen molar-refractivity contribution in [2.45, 2.75) is 19.4 Å². The van der Waals surface area contributed by atoms with Crippen LogP contribution in [0.1, 0.15) is 23.7 Å². The summed E-state index contributed by atoms with van der Waals surface area (Å²) in [7, 11) is 0. The summed E-state index contributed by atoms with van der Waals surface area (Å²) in [5, 5.41) is 3.57. The summed E-state index contributed by atoms with van der Waals surface area (Å²) in [4.78, 5) is 11.6. The first-order valence-corrected chi connectivity index (χ1v) is 5.75. The van der Waals surface area contributed by atoms with Crippen LogP contribution in [0.4, 0.5) is 0 Å². The Morgan fingerprint density at radius 1 is 1.41 bits per heavy atom. The van der Waals surface area contributed by atoms with Gasteiger partial charge in [0.1, 0.15) is 0 Å². The topological polar surface area (TPSA) is 55.1 Å². The monoisotopic (exact) mass is 296 g/mol. The van der Waals surface area contributed by atoms with Crippen molar-refractivity contribution in [3.63, 3.8) is 0 Å². The number of nitrogens with two attached hydrogens (primary N) is 1. The van der Waals surface area contributed by atoms with Crippen LogP contribution in [0.5, 0.6) is 0 Å². The van der Waals surface area contributed by atoms with Gasteiger partial charge in [0.05, 0.1) is 10.0 Å². The molecule has 0 saturated heterocycles. The molecule has 0 fully saturated rings. The first-order valence-electron chi connectivity index (χ1n) is 4.99. The van der Waals surface area contributed by atoms with Gasteiger partial charge >= 0.3 is 0 Å². The highest BCUT2D eigenvalue weighted by molar-refractivity contribution is 6.42. The lowest BCUT2D eigenvalue weighted by Crippen LogP contribution is -2.28. The smallest absolute Gasteiger partial charge is 0.251 e. The maximum Gasteiger partial charge on any atom is 0.251 e. The Hall–Kier alpha value is -0.480. The van der Waals surface area contributed by atoms with Crippen molar-refractivity contribution in [2.24, 2.45) is 5.73 Å². The number of amides is 1. The second kappa shape index (κ2) is 7.77. The lowest BCUT2D eigenvalue weighted by atomic mass is 10.2. The lowest BCUT2D eigenvalue weighted by Gasteiger charge is -2.07. The standard InChI is InChI=1S/C11H14Cl2N2O.ClH/c1-7(14)4-5-15-11(16)8-2-3-9(12)10(13)6-8;/h2-3,6-7H,4-5,14H2,1H3,(H,15,16);1H. The van der Waals surface area contributed by atoms with E-state index >= 15 is 0 Å². The molecule has 0 aliphatic carbocycles. The van der Waals surface area contributed by atoms with Crippen molar-refractivity contribution < 1.29 is 4.79 Å². The number of benzene rings is 1. The van der Waals surface area contributed by atoms with E-state index in [9.17, 15) is 4.79 Å². The van der Waals surface area contributed by atoms with Crippen LogP contribution in [0, 0.1) is 0 Å². The number of halogens is 3. The van der Waals surface area contributed by atoms with Crippen LogP contribution in [0.25, 0.3) is 0 Å². The van der Waals surface area contributed by atoms with E-state index in [1.165, 1.54) is 0 Å². The first kappa shape index (κ1) is 16.5. The molecule has 1 amide bonds. The Kier molecular flexibility index (Phi) is 7.55. The van der Waals surface area contributed by atoms with Gasteiger partial charge in [0.15, 0.2) is 0 Å². The van der Waals surface area contributed by atoms with Gasteiger partial charge < -0.3 is 11.1 Å². The third kappa shape index (κ3) is 5.59. The zero-order chi connectivity index (χ0) is 12.1. The fraction of sp³-hybridized carbons (Fsp3) is 0.364. The summed E-state index contributed by atoms with van der Waals surface area (Å²) in [6.07, 6.45) is 0.743. The quantitative estimate of drug-likeness (QED) is 0.898. The van der Waals surface area contributed by atoms with Crippen LogP contribution in [-0.4, -0.2) is 18.5 Å². The Morgan fingerprint density at radius 2 is 2.06 bits per heavy atom. The average Bonchev–Trinajstić information content (AvgIpc) is 2.21. The van der Waals surface area contributed by atoms with E-state index < -0.39 is 0 Å². The number of nitrogens with one attached hydrogen (secondary N) is 1. The van der Waals surface area contributed by atoms with Gasteiger partial charge in [-0.2, -0.15) is 0 Å². The predicted molar refractivity (Wildman–Crippen MR) is 74.3 cm³/mol. The second-order valence-corrected chi connectivity index (χ2v) is 4.47. The fourth-order valence-electron chi connectivity index (χ4n) is 1.15. The summed E-state index contributed by atoms with van der Waals surface area (Å²) in [6.45, 7) is 2.45. The summed E-state index contributed by atoms with van der Waals surface area (Å²) < 4.78 is 0. The van der Waals surface area contributed by atoms with Crippen molar-refractivity contribution in [1.29, 1.82) is 0 Å². The van der Waals surface area contributed by atoms with Crippen molar-refractivity contribution in [2.75, 3.05) is 6.54 Å². The molecule has 0 aliphatic heterocycles. The van der Waals surface area contributed by atoms with Gasteiger partial charge in [0.25, 0.3) is 5.91 Å². The van der Waals surface area contributed by atoms with E-state index in [1.807, 2.05) is 6.92 Å². The van der Waals surface area contributed by atoms with Gasteiger partial charge in [-0.3, -0.25) is 4.79 Å².